The average Bonchev–Trinajstić information content (AvgIpc) is 3.22. The first-order valence-corrected chi connectivity index (χ1v) is 10.5. The molecule has 1 aliphatic rings. The van der Waals surface area contributed by atoms with E-state index in [9.17, 15) is 5.11 Å². The minimum absolute atomic E-state index is 0.0307. The van der Waals surface area contributed by atoms with Gasteiger partial charge in [-0.2, -0.15) is 0 Å². The van der Waals surface area contributed by atoms with Crippen molar-refractivity contribution < 1.29 is 14.6 Å². The predicted molar refractivity (Wildman–Crippen MR) is 122 cm³/mol. The van der Waals surface area contributed by atoms with Gasteiger partial charge in [0.05, 0.1) is 18.2 Å². The van der Waals surface area contributed by atoms with E-state index in [0.717, 1.165) is 11.9 Å². The normalized spacial score (nSPS) is 15.1. The minimum Gasteiger partial charge on any atom is -0.493 e. The highest BCUT2D eigenvalue weighted by molar-refractivity contribution is 5.83. The number of nitrogens with zero attached hydrogens (tertiary/aromatic N) is 3. The van der Waals surface area contributed by atoms with Crippen LogP contribution in [0.3, 0.4) is 0 Å². The van der Waals surface area contributed by atoms with Gasteiger partial charge in [0.15, 0.2) is 17.5 Å². The lowest BCUT2D eigenvalue weighted by Crippen LogP contribution is -2.36. The Morgan fingerprint density at radius 1 is 1.22 bits per heavy atom. The number of benzene rings is 1. The fourth-order valence-electron chi connectivity index (χ4n) is 3.86. The van der Waals surface area contributed by atoms with E-state index in [1.807, 2.05) is 18.3 Å². The molecule has 164 valence electrons. The molecule has 32 heavy (non-hydrogen) atoms. The lowest BCUT2D eigenvalue weighted by atomic mass is 10.1. The van der Waals surface area contributed by atoms with E-state index in [2.05, 4.69) is 42.7 Å². The van der Waals surface area contributed by atoms with Gasteiger partial charge in [0, 0.05) is 37.0 Å². The van der Waals surface area contributed by atoms with Crippen molar-refractivity contribution in [3.63, 3.8) is 0 Å². The summed E-state index contributed by atoms with van der Waals surface area (Å²) < 4.78 is 11.2. The Morgan fingerprint density at radius 3 is 3.00 bits per heavy atom. The van der Waals surface area contributed by atoms with E-state index in [0.29, 0.717) is 48.5 Å². The van der Waals surface area contributed by atoms with Gasteiger partial charge < -0.3 is 30.2 Å². The quantitative estimate of drug-likeness (QED) is 0.352. The zero-order valence-electron chi connectivity index (χ0n) is 17.6. The molecule has 0 fully saturated rings. The van der Waals surface area contributed by atoms with Crippen LogP contribution in [0.15, 0.2) is 48.8 Å². The van der Waals surface area contributed by atoms with Gasteiger partial charge in [0.25, 0.3) is 0 Å². The van der Waals surface area contributed by atoms with Crippen molar-refractivity contribution in [2.24, 2.45) is 0 Å². The molecule has 4 heterocycles. The number of pyridine rings is 1. The summed E-state index contributed by atoms with van der Waals surface area (Å²) in [4.78, 5) is 16.5. The first-order chi connectivity index (χ1) is 15.7. The highest BCUT2D eigenvalue weighted by atomic mass is 16.5. The number of rotatable bonds is 7. The maximum atomic E-state index is 10.2. The van der Waals surface area contributed by atoms with Gasteiger partial charge in [0.1, 0.15) is 6.61 Å². The molecule has 0 saturated heterocycles. The van der Waals surface area contributed by atoms with Gasteiger partial charge in [-0.15, -0.1) is 0 Å². The second kappa shape index (κ2) is 8.72. The Bertz CT molecular complexity index is 1240. The largest absolute Gasteiger partial charge is 0.493 e. The number of aromatic hydroxyl groups is 1. The molecule has 0 spiro atoms. The van der Waals surface area contributed by atoms with Crippen molar-refractivity contribution in [3.05, 3.63) is 54.4 Å². The SMILES string of the molecule is COC[C@@H]1COc2c(NCCc3c[nH]c4ccccc34)nc(-c3cccnc3O)nc2N1. The molecule has 9 nitrogen and oxygen atoms in total. The Labute approximate surface area is 184 Å². The number of fused-ring (bicyclic) bond motifs is 2. The molecule has 4 aromatic rings. The summed E-state index contributed by atoms with van der Waals surface area (Å²) >= 11 is 0. The summed E-state index contributed by atoms with van der Waals surface area (Å²) in [5.41, 5.74) is 2.79. The standard InChI is InChI=1S/C23H24N6O3/c1-31-12-15-13-32-19-21(24-10-8-14-11-26-18-7-3-2-5-16(14)18)28-20(29-22(19)27-15)17-6-4-9-25-23(17)30/h2-7,9,11,15,26H,8,10,12-13H2,1H3,(H,25,30)(H2,24,27,28,29)/t15-/m1/s1. The fourth-order valence-corrected chi connectivity index (χ4v) is 3.86. The van der Waals surface area contributed by atoms with Crippen LogP contribution in [-0.4, -0.2) is 58.0 Å². The molecule has 0 aliphatic carbocycles. The van der Waals surface area contributed by atoms with Crippen LogP contribution >= 0.6 is 0 Å². The first kappa shape index (κ1) is 20.1. The van der Waals surface area contributed by atoms with E-state index in [-0.39, 0.29) is 11.9 Å². The molecule has 0 unspecified atom stereocenters. The van der Waals surface area contributed by atoms with Crippen molar-refractivity contribution in [3.8, 4) is 23.0 Å². The first-order valence-electron chi connectivity index (χ1n) is 10.5. The summed E-state index contributed by atoms with van der Waals surface area (Å²) in [6, 6.07) is 11.7. The second-order valence-electron chi connectivity index (χ2n) is 7.59. The number of para-hydroxylation sites is 1. The number of aromatic nitrogens is 4. The lowest BCUT2D eigenvalue weighted by Gasteiger charge is -2.27. The van der Waals surface area contributed by atoms with E-state index < -0.39 is 0 Å². The molecule has 4 N–H and O–H groups in total. The van der Waals surface area contributed by atoms with Gasteiger partial charge >= 0.3 is 0 Å². The predicted octanol–water partition coefficient (Wildman–Crippen LogP) is 3.20. The van der Waals surface area contributed by atoms with Gasteiger partial charge in [0.2, 0.25) is 11.6 Å². The van der Waals surface area contributed by atoms with Crippen molar-refractivity contribution in [2.75, 3.05) is 37.5 Å². The van der Waals surface area contributed by atoms with Crippen LogP contribution in [0.4, 0.5) is 11.6 Å². The van der Waals surface area contributed by atoms with E-state index in [1.165, 1.54) is 17.1 Å². The van der Waals surface area contributed by atoms with Crippen LogP contribution in [0.1, 0.15) is 5.56 Å². The summed E-state index contributed by atoms with van der Waals surface area (Å²) in [7, 11) is 1.65. The summed E-state index contributed by atoms with van der Waals surface area (Å²) in [5, 5.41) is 18.2. The van der Waals surface area contributed by atoms with Crippen LogP contribution in [0.2, 0.25) is 0 Å². The molecular weight excluding hydrogens is 408 g/mol. The third kappa shape index (κ3) is 3.90. The molecule has 0 saturated carbocycles. The number of nitrogens with one attached hydrogen (secondary N) is 3. The monoisotopic (exact) mass is 432 g/mol. The highest BCUT2D eigenvalue weighted by Gasteiger charge is 2.26. The maximum absolute atomic E-state index is 10.2. The molecule has 1 atom stereocenters. The zero-order valence-corrected chi connectivity index (χ0v) is 17.6. The number of ether oxygens (including phenoxy) is 2. The van der Waals surface area contributed by atoms with Crippen molar-refractivity contribution in [1.82, 2.24) is 19.9 Å². The van der Waals surface area contributed by atoms with Crippen LogP contribution < -0.4 is 15.4 Å². The average molecular weight is 432 g/mol. The second-order valence-corrected chi connectivity index (χ2v) is 7.59. The Morgan fingerprint density at radius 2 is 2.12 bits per heavy atom. The Kier molecular flexibility index (Phi) is 5.47. The zero-order chi connectivity index (χ0) is 21.9. The highest BCUT2D eigenvalue weighted by Crippen LogP contribution is 2.37. The van der Waals surface area contributed by atoms with Crippen LogP contribution in [0.5, 0.6) is 11.6 Å². The molecule has 1 aliphatic heterocycles. The van der Waals surface area contributed by atoms with E-state index in [1.54, 1.807) is 19.2 Å². The molecule has 1 aromatic carbocycles. The van der Waals surface area contributed by atoms with Gasteiger partial charge in [-0.25, -0.2) is 15.0 Å². The Hall–Kier alpha value is -3.85. The van der Waals surface area contributed by atoms with Crippen molar-refractivity contribution in [1.29, 1.82) is 0 Å². The topological polar surface area (TPSA) is 117 Å². The van der Waals surface area contributed by atoms with Gasteiger partial charge in [-0.1, -0.05) is 18.2 Å². The molecule has 5 rings (SSSR count). The van der Waals surface area contributed by atoms with Crippen LogP contribution in [-0.2, 0) is 11.2 Å². The van der Waals surface area contributed by atoms with Gasteiger partial charge in [-0.3, -0.25) is 0 Å². The molecule has 0 amide bonds. The van der Waals surface area contributed by atoms with Gasteiger partial charge in [-0.05, 0) is 30.2 Å². The van der Waals surface area contributed by atoms with E-state index >= 15 is 0 Å². The summed E-state index contributed by atoms with van der Waals surface area (Å²) in [6.07, 6.45) is 4.36. The molecule has 0 radical (unpaired) electrons. The smallest absolute Gasteiger partial charge is 0.222 e. The third-order valence-electron chi connectivity index (χ3n) is 5.39. The van der Waals surface area contributed by atoms with Crippen molar-refractivity contribution in [2.45, 2.75) is 12.5 Å². The number of H-pyrrole nitrogens is 1. The van der Waals surface area contributed by atoms with Crippen molar-refractivity contribution >= 4 is 22.5 Å². The molecule has 9 heteroatoms. The number of aromatic amines is 1. The summed E-state index contributed by atoms with van der Waals surface area (Å²) in [5.74, 6) is 1.92. The fraction of sp³-hybridized carbons (Fsp3) is 0.261. The summed E-state index contributed by atoms with van der Waals surface area (Å²) in [6.45, 7) is 1.58. The number of anilines is 2. The number of methoxy groups -OCH3 is 1. The van der Waals surface area contributed by atoms with Crippen LogP contribution in [0.25, 0.3) is 22.3 Å². The lowest BCUT2D eigenvalue weighted by molar-refractivity contribution is 0.154. The molecule has 3 aromatic heterocycles. The van der Waals surface area contributed by atoms with E-state index in [4.69, 9.17) is 9.47 Å². The maximum Gasteiger partial charge on any atom is 0.222 e. The Balaban J connectivity index is 1.43. The molecule has 0 bridgehead atoms. The number of hydrogen-bond acceptors (Lipinski definition) is 8. The minimum atomic E-state index is -0.123. The number of hydrogen-bond donors (Lipinski definition) is 4. The van der Waals surface area contributed by atoms with Crippen LogP contribution in [0, 0.1) is 0 Å². The third-order valence-corrected chi connectivity index (χ3v) is 5.39. The molecular formula is C23H24N6O3.